The van der Waals surface area contributed by atoms with Crippen LogP contribution in [0.25, 0.3) is 0 Å². The minimum atomic E-state index is -1.75. The summed E-state index contributed by atoms with van der Waals surface area (Å²) in [6, 6.07) is 13.7. The molecule has 0 heterocycles. The predicted molar refractivity (Wildman–Crippen MR) is 76.9 cm³/mol. The zero-order valence-corrected chi connectivity index (χ0v) is 10.7. The number of para-hydroxylation sites is 1. The van der Waals surface area contributed by atoms with Gasteiger partial charge in [0, 0.05) is 10.9 Å². The largest absolute Gasteiger partial charge is 0.492 e. The van der Waals surface area contributed by atoms with E-state index in [1.807, 2.05) is 30.3 Å². The van der Waals surface area contributed by atoms with Crippen LogP contribution >= 0.6 is 0 Å². The second-order valence-corrected chi connectivity index (χ2v) is 4.29. The number of ether oxygens (including phenoxy) is 1. The topological polar surface area (TPSA) is 90.2 Å². The molecule has 0 atom stereocenters. The highest BCUT2D eigenvalue weighted by Crippen LogP contribution is 2.09. The first-order valence-electron chi connectivity index (χ1n) is 6.11. The Bertz CT molecular complexity index is 534. The van der Waals surface area contributed by atoms with Crippen LogP contribution in [0.3, 0.4) is 0 Å². The van der Waals surface area contributed by atoms with Gasteiger partial charge in [0.2, 0.25) is 0 Å². The van der Waals surface area contributed by atoms with Gasteiger partial charge in [0.15, 0.2) is 0 Å². The molecule has 2 aromatic rings. The van der Waals surface area contributed by atoms with Crippen LogP contribution in [0.4, 0.5) is 0 Å². The van der Waals surface area contributed by atoms with Crippen LogP contribution in [-0.4, -0.2) is 34.3 Å². The van der Waals surface area contributed by atoms with E-state index in [0.717, 1.165) is 5.56 Å². The lowest BCUT2D eigenvalue weighted by Gasteiger charge is -2.15. The van der Waals surface area contributed by atoms with Crippen molar-refractivity contribution < 1.29 is 24.8 Å². The Morgan fingerprint density at radius 1 is 0.750 bits per heavy atom. The lowest BCUT2D eigenvalue weighted by molar-refractivity contribution is 0.307. The van der Waals surface area contributed by atoms with Crippen molar-refractivity contribution in [3.05, 3.63) is 54.1 Å². The molecule has 2 aromatic carbocycles. The van der Waals surface area contributed by atoms with Gasteiger partial charge < -0.3 is 24.8 Å². The molecular formula is C13H14B2O5. The van der Waals surface area contributed by atoms with Crippen LogP contribution in [0.2, 0.25) is 0 Å². The molecule has 0 aliphatic rings. The third-order valence-corrected chi connectivity index (χ3v) is 2.86. The summed E-state index contributed by atoms with van der Waals surface area (Å²) in [5.74, 6) is 0.0707. The van der Waals surface area contributed by atoms with Crippen molar-refractivity contribution in [2.24, 2.45) is 0 Å². The van der Waals surface area contributed by atoms with E-state index in [2.05, 4.69) is 0 Å². The number of hydrogen-bond donors (Lipinski definition) is 4. The summed E-state index contributed by atoms with van der Waals surface area (Å²) in [5.41, 5.74) is 1.06. The van der Waals surface area contributed by atoms with E-state index < -0.39 is 14.2 Å². The molecule has 0 saturated heterocycles. The molecular weight excluding hydrogens is 258 g/mol. The Balaban J connectivity index is 2.28. The SMILES string of the molecule is OB(O)c1cccc(B(O)O)c1OCc1ccccc1. The van der Waals surface area contributed by atoms with Crippen molar-refractivity contribution in [3.63, 3.8) is 0 Å². The Morgan fingerprint density at radius 2 is 1.30 bits per heavy atom. The van der Waals surface area contributed by atoms with Crippen molar-refractivity contribution >= 4 is 25.2 Å². The highest BCUT2D eigenvalue weighted by Gasteiger charge is 2.25. The minimum Gasteiger partial charge on any atom is -0.490 e. The minimum absolute atomic E-state index is 0.0707. The molecule has 0 radical (unpaired) electrons. The maximum Gasteiger partial charge on any atom is 0.492 e. The van der Waals surface area contributed by atoms with E-state index in [-0.39, 0.29) is 23.3 Å². The van der Waals surface area contributed by atoms with Crippen LogP contribution in [0.5, 0.6) is 5.75 Å². The predicted octanol–water partition coefficient (Wildman–Crippen LogP) is -1.37. The molecule has 0 saturated carbocycles. The molecule has 0 fully saturated rings. The monoisotopic (exact) mass is 272 g/mol. The molecule has 102 valence electrons. The summed E-state index contributed by atoms with van der Waals surface area (Å²) in [7, 11) is -3.50. The zero-order chi connectivity index (χ0) is 14.5. The van der Waals surface area contributed by atoms with Crippen molar-refractivity contribution in [2.45, 2.75) is 6.61 Å². The van der Waals surface area contributed by atoms with Gasteiger partial charge in [0.1, 0.15) is 12.4 Å². The average Bonchev–Trinajstić information content (AvgIpc) is 2.45. The normalized spacial score (nSPS) is 10.2. The van der Waals surface area contributed by atoms with Gasteiger partial charge in [-0.1, -0.05) is 48.5 Å². The summed E-state index contributed by atoms with van der Waals surface area (Å²) in [5, 5.41) is 37.3. The van der Waals surface area contributed by atoms with Crippen molar-refractivity contribution in [2.75, 3.05) is 0 Å². The Hall–Kier alpha value is -1.79. The van der Waals surface area contributed by atoms with Gasteiger partial charge in [-0.3, -0.25) is 0 Å². The maximum atomic E-state index is 9.32. The lowest BCUT2D eigenvalue weighted by Crippen LogP contribution is -2.40. The third-order valence-electron chi connectivity index (χ3n) is 2.86. The molecule has 4 N–H and O–H groups in total. The molecule has 20 heavy (non-hydrogen) atoms. The summed E-state index contributed by atoms with van der Waals surface area (Å²) >= 11 is 0. The van der Waals surface area contributed by atoms with Gasteiger partial charge in [0.05, 0.1) is 0 Å². The van der Waals surface area contributed by atoms with Crippen molar-refractivity contribution in [1.82, 2.24) is 0 Å². The smallest absolute Gasteiger partial charge is 0.490 e. The fraction of sp³-hybridized carbons (Fsp3) is 0.0769. The van der Waals surface area contributed by atoms with Crippen LogP contribution in [-0.2, 0) is 6.61 Å². The Morgan fingerprint density at radius 3 is 1.80 bits per heavy atom. The standard InChI is InChI=1S/C13H14B2O5/c16-14(17)11-7-4-8-12(15(18)19)13(11)20-9-10-5-2-1-3-6-10/h1-8,16-19H,9H2. The third kappa shape index (κ3) is 3.40. The summed E-state index contributed by atoms with van der Waals surface area (Å²) in [6.45, 7) is 0.185. The van der Waals surface area contributed by atoms with E-state index in [1.165, 1.54) is 18.2 Å². The number of hydrogen-bond acceptors (Lipinski definition) is 5. The highest BCUT2D eigenvalue weighted by molar-refractivity contribution is 6.64. The van der Waals surface area contributed by atoms with Gasteiger partial charge >= 0.3 is 14.2 Å². The average molecular weight is 272 g/mol. The van der Waals surface area contributed by atoms with Gasteiger partial charge in [-0.15, -0.1) is 0 Å². The van der Waals surface area contributed by atoms with E-state index in [1.54, 1.807) is 0 Å². The fourth-order valence-electron chi connectivity index (χ4n) is 1.88. The van der Waals surface area contributed by atoms with Crippen LogP contribution in [0.15, 0.2) is 48.5 Å². The fourth-order valence-corrected chi connectivity index (χ4v) is 1.88. The first-order valence-corrected chi connectivity index (χ1v) is 6.11. The molecule has 7 heteroatoms. The maximum absolute atomic E-state index is 9.32. The van der Waals surface area contributed by atoms with E-state index in [9.17, 15) is 20.1 Å². The Labute approximate surface area is 117 Å². The van der Waals surface area contributed by atoms with Crippen LogP contribution < -0.4 is 15.7 Å². The van der Waals surface area contributed by atoms with Crippen LogP contribution in [0.1, 0.15) is 5.56 Å². The van der Waals surface area contributed by atoms with E-state index >= 15 is 0 Å². The van der Waals surface area contributed by atoms with Crippen LogP contribution in [0, 0.1) is 0 Å². The van der Waals surface area contributed by atoms with Crippen molar-refractivity contribution in [1.29, 1.82) is 0 Å². The van der Waals surface area contributed by atoms with E-state index in [4.69, 9.17) is 4.74 Å². The molecule has 5 nitrogen and oxygen atoms in total. The second-order valence-electron chi connectivity index (χ2n) is 4.29. The summed E-state index contributed by atoms with van der Waals surface area (Å²) in [4.78, 5) is 0. The summed E-state index contributed by atoms with van der Waals surface area (Å²) in [6.07, 6.45) is 0. The zero-order valence-electron chi connectivity index (χ0n) is 10.7. The number of benzene rings is 2. The summed E-state index contributed by atoms with van der Waals surface area (Å²) < 4.78 is 5.54. The first kappa shape index (κ1) is 14.6. The van der Waals surface area contributed by atoms with Gasteiger partial charge in [0.25, 0.3) is 0 Å². The quantitative estimate of drug-likeness (QED) is 0.504. The molecule has 0 aromatic heterocycles. The number of rotatable bonds is 5. The second kappa shape index (κ2) is 6.58. The molecule has 0 spiro atoms. The molecule has 0 amide bonds. The highest BCUT2D eigenvalue weighted by atomic mass is 16.5. The first-order chi connectivity index (χ1) is 9.59. The van der Waals surface area contributed by atoms with Gasteiger partial charge in [-0.2, -0.15) is 0 Å². The lowest BCUT2D eigenvalue weighted by atomic mass is 9.71. The molecule has 0 bridgehead atoms. The molecule has 0 aliphatic heterocycles. The Kier molecular flexibility index (Phi) is 4.81. The molecule has 0 aliphatic carbocycles. The van der Waals surface area contributed by atoms with Gasteiger partial charge in [-0.05, 0) is 5.56 Å². The van der Waals surface area contributed by atoms with E-state index in [0.29, 0.717) is 0 Å². The molecule has 0 unspecified atom stereocenters. The molecule has 2 rings (SSSR count). The van der Waals surface area contributed by atoms with Crippen molar-refractivity contribution in [3.8, 4) is 5.75 Å². The van der Waals surface area contributed by atoms with Gasteiger partial charge in [-0.25, -0.2) is 0 Å².